The van der Waals surface area contributed by atoms with Crippen molar-refractivity contribution in [3.05, 3.63) is 150 Å². The number of rotatable bonds is 7. The first-order chi connectivity index (χ1) is 18.6. The first-order valence-corrected chi connectivity index (χ1v) is 12.3. The van der Waals surface area contributed by atoms with Gasteiger partial charge in [-0.15, -0.1) is 0 Å². The summed E-state index contributed by atoms with van der Waals surface area (Å²) in [4.78, 5) is 25.9. The molecule has 0 aromatic heterocycles. The van der Waals surface area contributed by atoms with E-state index in [0.717, 1.165) is 27.8 Å². The number of anilines is 1. The Kier molecular flexibility index (Phi) is 7.37. The monoisotopic (exact) mass is 500 g/mol. The first-order valence-electron chi connectivity index (χ1n) is 12.3. The summed E-state index contributed by atoms with van der Waals surface area (Å²) in [7, 11) is 0. The third-order valence-corrected chi connectivity index (χ3v) is 6.25. The van der Waals surface area contributed by atoms with Gasteiger partial charge in [0, 0.05) is 17.7 Å². The van der Waals surface area contributed by atoms with Crippen LogP contribution >= 0.6 is 0 Å². The van der Waals surface area contributed by atoms with Crippen LogP contribution in [0.1, 0.15) is 26.3 Å². The van der Waals surface area contributed by atoms with E-state index in [2.05, 4.69) is 10.6 Å². The van der Waals surface area contributed by atoms with Crippen LogP contribution in [0.2, 0.25) is 0 Å². The van der Waals surface area contributed by atoms with E-state index >= 15 is 0 Å². The van der Waals surface area contributed by atoms with Crippen molar-refractivity contribution in [1.82, 2.24) is 5.32 Å². The van der Waals surface area contributed by atoms with Crippen LogP contribution in [0.5, 0.6) is 0 Å². The first kappa shape index (κ1) is 24.7. The standard InChI is InChI=1S/C33H25FN2O2/c34-30-20-19-27(32(37)35-22-23-15-17-25(18-16-23)24-9-3-1-4-10-24)21-31(30)36-33(38)29-14-8-7-13-28(29)26-11-5-2-6-12-26/h1-21H,22H2,(H,35,37)(H,36,38). The molecule has 5 heteroatoms. The lowest BCUT2D eigenvalue weighted by Crippen LogP contribution is -2.23. The Bertz CT molecular complexity index is 1570. The highest BCUT2D eigenvalue weighted by Crippen LogP contribution is 2.25. The van der Waals surface area contributed by atoms with Crippen LogP contribution in [0.25, 0.3) is 22.3 Å². The lowest BCUT2D eigenvalue weighted by molar-refractivity contribution is 0.0949. The molecule has 0 radical (unpaired) electrons. The van der Waals surface area contributed by atoms with Crippen molar-refractivity contribution in [2.75, 3.05) is 5.32 Å². The fourth-order valence-electron chi connectivity index (χ4n) is 4.23. The van der Waals surface area contributed by atoms with Crippen LogP contribution in [0.15, 0.2) is 127 Å². The molecule has 0 aliphatic heterocycles. The number of hydrogen-bond acceptors (Lipinski definition) is 2. The van der Waals surface area contributed by atoms with Gasteiger partial charge in [0.15, 0.2) is 0 Å². The van der Waals surface area contributed by atoms with E-state index in [0.29, 0.717) is 12.1 Å². The summed E-state index contributed by atoms with van der Waals surface area (Å²) >= 11 is 0. The maximum absolute atomic E-state index is 14.6. The Balaban J connectivity index is 1.27. The van der Waals surface area contributed by atoms with Crippen LogP contribution in [0, 0.1) is 5.82 Å². The summed E-state index contributed by atoms with van der Waals surface area (Å²) in [6.45, 7) is 0.317. The van der Waals surface area contributed by atoms with E-state index in [1.54, 1.807) is 12.1 Å². The molecule has 0 atom stereocenters. The Morgan fingerprint density at radius 2 is 1.21 bits per heavy atom. The van der Waals surface area contributed by atoms with Crippen molar-refractivity contribution in [3.8, 4) is 22.3 Å². The van der Waals surface area contributed by atoms with E-state index in [1.165, 1.54) is 18.2 Å². The van der Waals surface area contributed by atoms with Gasteiger partial charge < -0.3 is 10.6 Å². The molecule has 0 unspecified atom stereocenters. The summed E-state index contributed by atoms with van der Waals surface area (Å²) in [5.74, 6) is -1.44. The third-order valence-electron chi connectivity index (χ3n) is 6.25. The van der Waals surface area contributed by atoms with Gasteiger partial charge in [0.2, 0.25) is 0 Å². The third kappa shape index (κ3) is 5.68. The average Bonchev–Trinajstić information content (AvgIpc) is 2.98. The molecular formula is C33H25FN2O2. The fraction of sp³-hybridized carbons (Fsp3) is 0.0303. The Labute approximate surface area is 220 Å². The number of nitrogens with one attached hydrogen (secondary N) is 2. The zero-order chi connectivity index (χ0) is 26.3. The molecule has 186 valence electrons. The van der Waals surface area contributed by atoms with E-state index in [-0.39, 0.29) is 17.2 Å². The van der Waals surface area contributed by atoms with Crippen molar-refractivity contribution in [2.24, 2.45) is 0 Å². The van der Waals surface area contributed by atoms with Crippen LogP contribution in [-0.2, 0) is 6.54 Å². The van der Waals surface area contributed by atoms with E-state index in [1.807, 2.05) is 97.1 Å². The summed E-state index contributed by atoms with van der Waals surface area (Å²) in [5, 5.41) is 5.50. The Morgan fingerprint density at radius 1 is 0.605 bits per heavy atom. The molecule has 2 amide bonds. The lowest BCUT2D eigenvalue weighted by Gasteiger charge is -2.12. The van der Waals surface area contributed by atoms with Crippen molar-refractivity contribution in [3.63, 3.8) is 0 Å². The molecule has 0 fully saturated rings. The van der Waals surface area contributed by atoms with Gasteiger partial charge in [0.25, 0.3) is 11.8 Å². The Morgan fingerprint density at radius 3 is 1.92 bits per heavy atom. The minimum atomic E-state index is -0.622. The topological polar surface area (TPSA) is 58.2 Å². The second kappa shape index (κ2) is 11.4. The zero-order valence-electron chi connectivity index (χ0n) is 20.5. The smallest absolute Gasteiger partial charge is 0.256 e. The molecule has 0 aliphatic rings. The molecule has 0 saturated heterocycles. The van der Waals surface area contributed by atoms with Crippen LogP contribution < -0.4 is 10.6 Å². The highest BCUT2D eigenvalue weighted by Gasteiger charge is 2.16. The second-order valence-corrected chi connectivity index (χ2v) is 8.81. The molecule has 0 bridgehead atoms. The molecule has 0 spiro atoms. The van der Waals surface area contributed by atoms with E-state index < -0.39 is 11.7 Å². The molecular weight excluding hydrogens is 475 g/mol. The predicted molar refractivity (Wildman–Crippen MR) is 149 cm³/mol. The molecule has 4 nitrogen and oxygen atoms in total. The van der Waals surface area contributed by atoms with E-state index in [4.69, 9.17) is 0 Å². The number of hydrogen-bond donors (Lipinski definition) is 2. The van der Waals surface area contributed by atoms with Crippen molar-refractivity contribution < 1.29 is 14.0 Å². The molecule has 38 heavy (non-hydrogen) atoms. The molecule has 5 aromatic rings. The number of carbonyl (C=O) groups is 2. The van der Waals surface area contributed by atoms with Crippen molar-refractivity contribution >= 4 is 17.5 Å². The minimum Gasteiger partial charge on any atom is -0.348 e. The summed E-state index contributed by atoms with van der Waals surface area (Å²) < 4.78 is 14.6. The van der Waals surface area contributed by atoms with Crippen LogP contribution in [0.4, 0.5) is 10.1 Å². The fourth-order valence-corrected chi connectivity index (χ4v) is 4.23. The molecule has 5 rings (SSSR count). The maximum Gasteiger partial charge on any atom is 0.256 e. The normalized spacial score (nSPS) is 10.6. The van der Waals surface area contributed by atoms with Gasteiger partial charge in [-0.3, -0.25) is 9.59 Å². The van der Waals surface area contributed by atoms with Gasteiger partial charge in [-0.25, -0.2) is 4.39 Å². The van der Waals surface area contributed by atoms with Gasteiger partial charge in [-0.1, -0.05) is 103 Å². The summed E-state index contributed by atoms with van der Waals surface area (Å²) in [6.07, 6.45) is 0. The minimum absolute atomic E-state index is 0.0577. The molecule has 0 saturated carbocycles. The van der Waals surface area contributed by atoms with Gasteiger partial charge >= 0.3 is 0 Å². The summed E-state index contributed by atoms with van der Waals surface area (Å²) in [6, 6.07) is 38.6. The largest absolute Gasteiger partial charge is 0.348 e. The van der Waals surface area contributed by atoms with Crippen LogP contribution in [-0.4, -0.2) is 11.8 Å². The Hall–Kier alpha value is -5.03. The molecule has 2 N–H and O–H groups in total. The lowest BCUT2D eigenvalue weighted by atomic mass is 9.99. The van der Waals surface area contributed by atoms with Gasteiger partial charge in [-0.2, -0.15) is 0 Å². The maximum atomic E-state index is 14.6. The molecule has 5 aromatic carbocycles. The number of benzene rings is 5. The number of carbonyl (C=O) groups excluding carboxylic acids is 2. The SMILES string of the molecule is O=C(NCc1ccc(-c2ccccc2)cc1)c1ccc(F)c(NC(=O)c2ccccc2-c2ccccc2)c1. The van der Waals surface area contributed by atoms with Gasteiger partial charge in [0.1, 0.15) is 5.82 Å². The highest BCUT2D eigenvalue weighted by atomic mass is 19.1. The van der Waals surface area contributed by atoms with Gasteiger partial charge in [-0.05, 0) is 52.1 Å². The summed E-state index contributed by atoms with van der Waals surface area (Å²) in [5.41, 5.74) is 5.36. The highest BCUT2D eigenvalue weighted by molar-refractivity contribution is 6.09. The number of amides is 2. The molecule has 0 aliphatic carbocycles. The number of halogens is 1. The quantitative estimate of drug-likeness (QED) is 0.246. The van der Waals surface area contributed by atoms with Crippen LogP contribution in [0.3, 0.4) is 0 Å². The van der Waals surface area contributed by atoms with Gasteiger partial charge in [0.05, 0.1) is 5.69 Å². The predicted octanol–water partition coefficient (Wildman–Crippen LogP) is 7.34. The zero-order valence-corrected chi connectivity index (χ0v) is 20.5. The van der Waals surface area contributed by atoms with Crippen molar-refractivity contribution in [1.29, 1.82) is 0 Å². The second-order valence-electron chi connectivity index (χ2n) is 8.81. The van der Waals surface area contributed by atoms with E-state index in [9.17, 15) is 14.0 Å². The van der Waals surface area contributed by atoms with Crippen molar-refractivity contribution in [2.45, 2.75) is 6.54 Å². The average molecular weight is 501 g/mol. The molecule has 0 heterocycles.